The van der Waals surface area contributed by atoms with Crippen LogP contribution in [-0.2, 0) is 0 Å². The summed E-state index contributed by atoms with van der Waals surface area (Å²) in [5.41, 5.74) is 1.88. The van der Waals surface area contributed by atoms with Crippen molar-refractivity contribution < 1.29 is 5.11 Å². The molecule has 1 N–H and O–H groups in total. The summed E-state index contributed by atoms with van der Waals surface area (Å²) in [5.74, 6) is 2.30. The van der Waals surface area contributed by atoms with E-state index in [2.05, 4.69) is 36.8 Å². The number of hydrogen-bond acceptors (Lipinski definition) is 2. The summed E-state index contributed by atoms with van der Waals surface area (Å²) in [6, 6.07) is 7.66. The molecule has 0 saturated carbocycles. The molecule has 2 nitrogen and oxygen atoms in total. The normalized spacial score (nSPS) is 12.8. The molecule has 0 spiro atoms. The van der Waals surface area contributed by atoms with Crippen molar-refractivity contribution in [2.75, 3.05) is 19.6 Å². The van der Waals surface area contributed by atoms with Crippen molar-refractivity contribution in [3.8, 4) is 12.3 Å². The number of aliphatic hydroxyl groups is 1. The van der Waals surface area contributed by atoms with Crippen LogP contribution in [0, 0.1) is 12.3 Å². The van der Waals surface area contributed by atoms with Crippen LogP contribution >= 0.6 is 0 Å². The average molecular weight is 243 g/mol. The van der Waals surface area contributed by atoms with Crippen LogP contribution in [0.5, 0.6) is 0 Å². The van der Waals surface area contributed by atoms with Gasteiger partial charge in [-0.2, -0.15) is 0 Å². The summed E-state index contributed by atoms with van der Waals surface area (Å²) < 4.78 is 0. The minimum atomic E-state index is -0.807. The summed E-state index contributed by atoms with van der Waals surface area (Å²) in [6.07, 6.45) is 8.60. The SMILES string of the molecule is C#CC(O)c1ccc(/C=C/CN(CC)CC)cc1. The molecule has 0 aliphatic carbocycles. The largest absolute Gasteiger partial charge is 0.376 e. The van der Waals surface area contributed by atoms with E-state index in [4.69, 9.17) is 6.42 Å². The van der Waals surface area contributed by atoms with Crippen LogP contribution in [0.25, 0.3) is 6.08 Å². The molecule has 0 aliphatic rings. The van der Waals surface area contributed by atoms with Gasteiger partial charge in [0.05, 0.1) is 0 Å². The monoisotopic (exact) mass is 243 g/mol. The molecule has 1 aromatic carbocycles. The van der Waals surface area contributed by atoms with Gasteiger partial charge in [0, 0.05) is 6.54 Å². The molecule has 0 radical (unpaired) electrons. The maximum atomic E-state index is 9.47. The Morgan fingerprint density at radius 3 is 2.39 bits per heavy atom. The molecule has 1 atom stereocenters. The summed E-state index contributed by atoms with van der Waals surface area (Å²) in [5, 5.41) is 9.47. The van der Waals surface area contributed by atoms with Gasteiger partial charge >= 0.3 is 0 Å². The van der Waals surface area contributed by atoms with E-state index in [1.165, 1.54) is 0 Å². The molecule has 0 aliphatic heterocycles. The number of hydrogen-bond donors (Lipinski definition) is 1. The van der Waals surface area contributed by atoms with Crippen molar-refractivity contribution in [2.24, 2.45) is 0 Å². The van der Waals surface area contributed by atoms with Crippen molar-refractivity contribution in [1.29, 1.82) is 0 Å². The van der Waals surface area contributed by atoms with E-state index < -0.39 is 6.10 Å². The second-order valence-corrected chi connectivity index (χ2v) is 4.12. The number of benzene rings is 1. The third-order valence-corrected chi connectivity index (χ3v) is 2.98. The Morgan fingerprint density at radius 2 is 1.89 bits per heavy atom. The summed E-state index contributed by atoms with van der Waals surface area (Å²) in [6.45, 7) is 7.41. The van der Waals surface area contributed by atoms with E-state index in [0.717, 1.165) is 30.8 Å². The Balaban J connectivity index is 2.59. The molecule has 0 bridgehead atoms. The first-order valence-electron chi connectivity index (χ1n) is 6.34. The van der Waals surface area contributed by atoms with Crippen molar-refractivity contribution in [1.82, 2.24) is 4.90 Å². The van der Waals surface area contributed by atoms with Crippen LogP contribution in [0.2, 0.25) is 0 Å². The zero-order valence-electron chi connectivity index (χ0n) is 11.1. The van der Waals surface area contributed by atoms with E-state index in [0.29, 0.717) is 0 Å². The van der Waals surface area contributed by atoms with Gasteiger partial charge in [-0.25, -0.2) is 0 Å². The van der Waals surface area contributed by atoms with E-state index >= 15 is 0 Å². The molecule has 0 amide bonds. The van der Waals surface area contributed by atoms with Crippen molar-refractivity contribution in [3.05, 3.63) is 41.5 Å². The molecule has 0 saturated heterocycles. The minimum Gasteiger partial charge on any atom is -0.376 e. The lowest BCUT2D eigenvalue weighted by molar-refractivity contribution is 0.238. The molecule has 2 heteroatoms. The molecule has 1 unspecified atom stereocenters. The first kappa shape index (κ1) is 14.5. The zero-order valence-corrected chi connectivity index (χ0v) is 11.1. The highest BCUT2D eigenvalue weighted by molar-refractivity contribution is 5.50. The van der Waals surface area contributed by atoms with Crippen LogP contribution < -0.4 is 0 Å². The quantitative estimate of drug-likeness (QED) is 0.777. The molecule has 96 valence electrons. The fourth-order valence-corrected chi connectivity index (χ4v) is 1.71. The van der Waals surface area contributed by atoms with Gasteiger partial charge in [-0.3, -0.25) is 0 Å². The number of likely N-dealkylation sites (N-methyl/N-ethyl adjacent to an activating group) is 1. The third-order valence-electron chi connectivity index (χ3n) is 2.98. The lowest BCUT2D eigenvalue weighted by atomic mass is 10.1. The molecular formula is C16H21NO. The van der Waals surface area contributed by atoms with Gasteiger partial charge in [0.2, 0.25) is 0 Å². The Morgan fingerprint density at radius 1 is 1.28 bits per heavy atom. The smallest absolute Gasteiger partial charge is 0.139 e. The van der Waals surface area contributed by atoms with Gasteiger partial charge < -0.3 is 10.0 Å². The highest BCUT2D eigenvalue weighted by Gasteiger charge is 2.01. The van der Waals surface area contributed by atoms with Gasteiger partial charge in [0.15, 0.2) is 0 Å². The van der Waals surface area contributed by atoms with Crippen molar-refractivity contribution in [3.63, 3.8) is 0 Å². The first-order valence-corrected chi connectivity index (χ1v) is 6.34. The maximum absolute atomic E-state index is 9.47. The fourth-order valence-electron chi connectivity index (χ4n) is 1.71. The van der Waals surface area contributed by atoms with E-state index in [9.17, 15) is 5.11 Å². The topological polar surface area (TPSA) is 23.5 Å². The Kier molecular flexibility index (Phi) is 6.21. The Bertz CT molecular complexity index is 410. The van der Waals surface area contributed by atoms with Crippen LogP contribution in [0.4, 0.5) is 0 Å². The standard InChI is InChI=1S/C16H21NO/c1-4-16(18)15-11-9-14(10-12-15)8-7-13-17(5-2)6-3/h1,7-12,16,18H,5-6,13H2,2-3H3/b8-7+. The predicted molar refractivity (Wildman–Crippen MR) is 77.1 cm³/mol. The molecule has 18 heavy (non-hydrogen) atoms. The number of rotatable bonds is 6. The summed E-state index contributed by atoms with van der Waals surface area (Å²) in [7, 11) is 0. The summed E-state index contributed by atoms with van der Waals surface area (Å²) >= 11 is 0. The number of aliphatic hydroxyl groups excluding tert-OH is 1. The number of terminal acetylenes is 1. The van der Waals surface area contributed by atoms with Crippen LogP contribution in [0.3, 0.4) is 0 Å². The van der Waals surface area contributed by atoms with E-state index in [-0.39, 0.29) is 0 Å². The molecular weight excluding hydrogens is 222 g/mol. The maximum Gasteiger partial charge on any atom is 0.139 e. The van der Waals surface area contributed by atoms with E-state index in [1.54, 1.807) is 0 Å². The second kappa shape index (κ2) is 7.71. The van der Waals surface area contributed by atoms with Crippen LogP contribution in [0.15, 0.2) is 30.3 Å². The fraction of sp³-hybridized carbons (Fsp3) is 0.375. The second-order valence-electron chi connectivity index (χ2n) is 4.12. The zero-order chi connectivity index (χ0) is 13.4. The van der Waals surface area contributed by atoms with Crippen molar-refractivity contribution in [2.45, 2.75) is 20.0 Å². The molecule has 0 heterocycles. The van der Waals surface area contributed by atoms with Gasteiger partial charge in [-0.15, -0.1) is 6.42 Å². The molecule has 0 fully saturated rings. The summed E-state index contributed by atoms with van der Waals surface area (Å²) in [4.78, 5) is 2.34. The first-order chi connectivity index (χ1) is 8.71. The highest BCUT2D eigenvalue weighted by atomic mass is 16.3. The number of nitrogens with zero attached hydrogens (tertiary/aromatic N) is 1. The van der Waals surface area contributed by atoms with Crippen molar-refractivity contribution >= 4 is 6.08 Å². The molecule has 1 rings (SSSR count). The third kappa shape index (κ3) is 4.37. The predicted octanol–water partition coefficient (Wildman–Crippen LogP) is 2.71. The van der Waals surface area contributed by atoms with Crippen LogP contribution in [0.1, 0.15) is 31.1 Å². The van der Waals surface area contributed by atoms with E-state index in [1.807, 2.05) is 24.3 Å². The lowest BCUT2D eigenvalue weighted by Crippen LogP contribution is -2.22. The molecule has 0 aromatic heterocycles. The lowest BCUT2D eigenvalue weighted by Gasteiger charge is -2.14. The minimum absolute atomic E-state index is 0.762. The van der Waals surface area contributed by atoms with Gasteiger partial charge in [-0.1, -0.05) is 56.2 Å². The van der Waals surface area contributed by atoms with Gasteiger partial charge in [-0.05, 0) is 24.2 Å². The average Bonchev–Trinajstić information content (AvgIpc) is 2.43. The Hall–Kier alpha value is -1.56. The Labute approximate surface area is 110 Å². The molecule has 1 aromatic rings. The van der Waals surface area contributed by atoms with Gasteiger partial charge in [0.25, 0.3) is 0 Å². The highest BCUT2D eigenvalue weighted by Crippen LogP contribution is 2.13. The van der Waals surface area contributed by atoms with Gasteiger partial charge in [0.1, 0.15) is 6.10 Å². The van der Waals surface area contributed by atoms with Crippen LogP contribution in [-0.4, -0.2) is 29.6 Å².